The Morgan fingerprint density at radius 2 is 2.10 bits per heavy atom. The Bertz CT molecular complexity index is 632. The first-order chi connectivity index (χ1) is 10.2. The molecule has 0 saturated carbocycles. The lowest BCUT2D eigenvalue weighted by molar-refractivity contribution is -0.0422. The highest BCUT2D eigenvalue weighted by molar-refractivity contribution is 5.92. The van der Waals surface area contributed by atoms with Gasteiger partial charge in [0.05, 0.1) is 31.1 Å². The Hall–Kier alpha value is -1.69. The van der Waals surface area contributed by atoms with Crippen molar-refractivity contribution >= 4 is 16.6 Å². The molecule has 1 fully saturated rings. The third kappa shape index (κ3) is 2.85. The highest BCUT2D eigenvalue weighted by Gasteiger charge is 2.26. The van der Waals surface area contributed by atoms with Gasteiger partial charge in [0.1, 0.15) is 5.82 Å². The van der Waals surface area contributed by atoms with Gasteiger partial charge in [-0.1, -0.05) is 24.3 Å². The van der Waals surface area contributed by atoms with Crippen LogP contribution in [0.25, 0.3) is 10.8 Å². The first kappa shape index (κ1) is 14.3. The molecule has 2 heterocycles. The molecule has 0 radical (unpaired) electrons. The summed E-state index contributed by atoms with van der Waals surface area (Å²) in [4.78, 5) is 6.72. The average Bonchev–Trinajstić information content (AvgIpc) is 2.53. The van der Waals surface area contributed by atoms with E-state index in [1.807, 2.05) is 37.3 Å². The van der Waals surface area contributed by atoms with E-state index in [1.165, 1.54) is 0 Å². The fourth-order valence-corrected chi connectivity index (χ4v) is 2.88. The van der Waals surface area contributed by atoms with Crippen LogP contribution in [-0.4, -0.2) is 47.1 Å². The maximum atomic E-state index is 9.42. The van der Waals surface area contributed by atoms with Crippen molar-refractivity contribution in [2.75, 3.05) is 24.6 Å². The quantitative estimate of drug-likeness (QED) is 0.891. The highest BCUT2D eigenvalue weighted by Crippen LogP contribution is 2.28. The topological polar surface area (TPSA) is 65.8 Å². The van der Waals surface area contributed by atoms with Crippen molar-refractivity contribution in [3.63, 3.8) is 0 Å². The summed E-state index contributed by atoms with van der Waals surface area (Å²) < 4.78 is 5.69. The van der Waals surface area contributed by atoms with Gasteiger partial charge in [-0.3, -0.25) is 0 Å². The van der Waals surface area contributed by atoms with Crippen molar-refractivity contribution in [2.45, 2.75) is 25.7 Å². The number of aliphatic hydroxyl groups excluding tert-OH is 2. The molecule has 1 aliphatic rings. The molecule has 2 aromatic rings. The van der Waals surface area contributed by atoms with Gasteiger partial charge in [0, 0.05) is 18.5 Å². The number of aliphatic hydroxyl groups is 2. The van der Waals surface area contributed by atoms with Crippen molar-refractivity contribution < 1.29 is 14.9 Å². The number of nitrogens with zero attached hydrogens (tertiary/aromatic N) is 2. The third-order valence-corrected chi connectivity index (χ3v) is 3.76. The molecule has 1 aromatic carbocycles. The second-order valence-electron chi connectivity index (χ2n) is 5.47. The number of aromatic nitrogens is 1. The minimum Gasteiger partial charge on any atom is -0.394 e. The minimum absolute atomic E-state index is 0.00152. The molecule has 3 rings (SSSR count). The van der Waals surface area contributed by atoms with Crippen molar-refractivity contribution in [1.82, 2.24) is 4.98 Å². The number of fused-ring (bicyclic) bond motifs is 1. The van der Waals surface area contributed by atoms with Gasteiger partial charge in [-0.2, -0.15) is 0 Å². The van der Waals surface area contributed by atoms with Gasteiger partial charge in [-0.05, 0) is 18.4 Å². The van der Waals surface area contributed by atoms with Crippen molar-refractivity contribution in [2.24, 2.45) is 0 Å². The zero-order valence-electron chi connectivity index (χ0n) is 12.1. The number of benzene rings is 1. The number of morpholine rings is 1. The molecule has 21 heavy (non-hydrogen) atoms. The average molecular weight is 288 g/mol. The molecule has 5 heteroatoms. The SMILES string of the molecule is CC1CN(c2nc(CO)cc3ccccc23)CC(CO)O1. The van der Waals surface area contributed by atoms with Crippen LogP contribution in [0, 0.1) is 0 Å². The number of hydrogen-bond acceptors (Lipinski definition) is 5. The lowest BCUT2D eigenvalue weighted by atomic mass is 10.1. The molecule has 2 atom stereocenters. The fraction of sp³-hybridized carbons (Fsp3) is 0.438. The van der Waals surface area contributed by atoms with Crippen LogP contribution in [0.5, 0.6) is 0 Å². The minimum atomic E-state index is -0.202. The monoisotopic (exact) mass is 288 g/mol. The highest BCUT2D eigenvalue weighted by atomic mass is 16.5. The first-order valence-electron chi connectivity index (χ1n) is 7.22. The molecular formula is C16H20N2O3. The van der Waals surface area contributed by atoms with E-state index in [0.717, 1.165) is 23.1 Å². The first-order valence-corrected chi connectivity index (χ1v) is 7.22. The number of anilines is 1. The van der Waals surface area contributed by atoms with E-state index < -0.39 is 0 Å². The Morgan fingerprint density at radius 1 is 1.29 bits per heavy atom. The fourth-order valence-electron chi connectivity index (χ4n) is 2.88. The third-order valence-electron chi connectivity index (χ3n) is 3.76. The van der Waals surface area contributed by atoms with E-state index in [0.29, 0.717) is 12.2 Å². The van der Waals surface area contributed by atoms with E-state index >= 15 is 0 Å². The molecule has 2 unspecified atom stereocenters. The van der Waals surface area contributed by atoms with E-state index in [2.05, 4.69) is 9.88 Å². The van der Waals surface area contributed by atoms with E-state index in [1.54, 1.807) is 0 Å². The van der Waals surface area contributed by atoms with Gasteiger partial charge >= 0.3 is 0 Å². The number of pyridine rings is 1. The van der Waals surface area contributed by atoms with Crippen LogP contribution in [0.3, 0.4) is 0 Å². The Kier molecular flexibility index (Phi) is 4.05. The second-order valence-corrected chi connectivity index (χ2v) is 5.47. The van der Waals surface area contributed by atoms with Gasteiger partial charge < -0.3 is 19.8 Å². The molecule has 0 spiro atoms. The summed E-state index contributed by atoms with van der Waals surface area (Å²) in [6.45, 7) is 3.24. The zero-order chi connectivity index (χ0) is 14.8. The number of hydrogen-bond donors (Lipinski definition) is 2. The largest absolute Gasteiger partial charge is 0.394 e. The van der Waals surface area contributed by atoms with Crippen LogP contribution < -0.4 is 4.90 Å². The van der Waals surface area contributed by atoms with Gasteiger partial charge in [0.15, 0.2) is 0 Å². The van der Waals surface area contributed by atoms with Crippen LogP contribution in [-0.2, 0) is 11.3 Å². The Labute approximate surface area is 123 Å². The lowest BCUT2D eigenvalue weighted by Crippen LogP contribution is -2.48. The molecule has 2 N–H and O–H groups in total. The summed E-state index contributed by atoms with van der Waals surface area (Å²) in [7, 11) is 0. The second kappa shape index (κ2) is 5.97. The molecule has 1 aliphatic heterocycles. The summed E-state index contributed by atoms with van der Waals surface area (Å²) >= 11 is 0. The van der Waals surface area contributed by atoms with Crippen LogP contribution in [0.4, 0.5) is 5.82 Å². The summed E-state index contributed by atoms with van der Waals surface area (Å²) in [6, 6.07) is 9.93. The van der Waals surface area contributed by atoms with Crippen LogP contribution in [0.15, 0.2) is 30.3 Å². The van der Waals surface area contributed by atoms with E-state index in [9.17, 15) is 10.2 Å². The van der Waals surface area contributed by atoms with Gasteiger partial charge in [0.25, 0.3) is 0 Å². The van der Waals surface area contributed by atoms with Gasteiger partial charge in [-0.25, -0.2) is 4.98 Å². The van der Waals surface area contributed by atoms with Crippen molar-refractivity contribution in [3.8, 4) is 0 Å². The maximum absolute atomic E-state index is 9.42. The van der Waals surface area contributed by atoms with E-state index in [-0.39, 0.29) is 25.4 Å². The predicted octanol–water partition coefficient (Wildman–Crippen LogP) is 1.31. The van der Waals surface area contributed by atoms with Crippen molar-refractivity contribution in [1.29, 1.82) is 0 Å². The summed E-state index contributed by atoms with van der Waals surface area (Å²) in [6.07, 6.45) is -0.165. The van der Waals surface area contributed by atoms with Crippen LogP contribution in [0.2, 0.25) is 0 Å². The van der Waals surface area contributed by atoms with Crippen LogP contribution in [0.1, 0.15) is 12.6 Å². The maximum Gasteiger partial charge on any atom is 0.137 e. The molecule has 0 bridgehead atoms. The molecule has 1 saturated heterocycles. The summed E-state index contributed by atoms with van der Waals surface area (Å²) in [5, 5.41) is 20.9. The zero-order valence-corrected chi connectivity index (χ0v) is 12.1. The molecule has 1 aromatic heterocycles. The van der Waals surface area contributed by atoms with Gasteiger partial charge in [-0.15, -0.1) is 0 Å². The lowest BCUT2D eigenvalue weighted by Gasteiger charge is -2.37. The summed E-state index contributed by atoms with van der Waals surface area (Å²) in [5.74, 6) is 0.853. The summed E-state index contributed by atoms with van der Waals surface area (Å²) in [5.41, 5.74) is 0.656. The molecule has 5 nitrogen and oxygen atoms in total. The normalized spacial score (nSPS) is 22.7. The van der Waals surface area contributed by atoms with Crippen molar-refractivity contribution in [3.05, 3.63) is 36.0 Å². The van der Waals surface area contributed by atoms with Gasteiger partial charge in [0.2, 0.25) is 0 Å². The smallest absolute Gasteiger partial charge is 0.137 e. The molecule has 112 valence electrons. The Balaban J connectivity index is 2.05. The molecular weight excluding hydrogens is 268 g/mol. The standard InChI is InChI=1S/C16H20N2O3/c1-11-7-18(8-14(10-20)21-11)16-15-5-3-2-4-12(15)6-13(9-19)17-16/h2-6,11,14,19-20H,7-10H2,1H3. The number of ether oxygens (including phenoxy) is 1. The Morgan fingerprint density at radius 3 is 2.86 bits per heavy atom. The molecule has 0 aliphatic carbocycles. The van der Waals surface area contributed by atoms with E-state index in [4.69, 9.17) is 4.74 Å². The van der Waals surface area contributed by atoms with Crippen LogP contribution >= 0.6 is 0 Å². The predicted molar refractivity (Wildman–Crippen MR) is 81.3 cm³/mol. The number of rotatable bonds is 3. The molecule has 0 amide bonds.